The molecular weight excluding hydrogens is 613 g/mol. The highest BCUT2D eigenvalue weighted by Crippen LogP contribution is 2.76. The van der Waals surface area contributed by atoms with E-state index in [-0.39, 0.29) is 22.9 Å². The molecule has 0 aromatic carbocycles. The molecule has 6 aliphatic carbocycles. The Bertz CT molecular complexity index is 1310. The molecule has 2 amide bonds. The number of fused-ring (bicyclic) bond motifs is 7. The molecule has 276 valence electrons. The van der Waals surface area contributed by atoms with Crippen LogP contribution < -0.4 is 10.6 Å². The molecule has 5 fully saturated rings. The Labute approximate surface area is 297 Å². The minimum absolute atomic E-state index is 0.106. The van der Waals surface area contributed by atoms with Gasteiger partial charge in [0.15, 0.2) is 0 Å². The first kappa shape index (κ1) is 38.1. The average molecular weight is 682 g/mol. The fourth-order valence-corrected chi connectivity index (χ4v) is 13.5. The average Bonchev–Trinajstić information content (AvgIpc) is 3.68. The molecule has 0 aromatic heterocycles. The van der Waals surface area contributed by atoms with Crippen molar-refractivity contribution in [1.82, 2.24) is 15.5 Å². The van der Waals surface area contributed by atoms with E-state index in [2.05, 4.69) is 64.0 Å². The maximum Gasteiger partial charge on any atom is 0.317 e. The van der Waals surface area contributed by atoms with Gasteiger partial charge >= 0.3 is 12.0 Å². The summed E-state index contributed by atoms with van der Waals surface area (Å²) in [4.78, 5) is 25.7. The fourth-order valence-electron chi connectivity index (χ4n) is 13.5. The Kier molecular flexibility index (Phi) is 11.2. The van der Waals surface area contributed by atoms with Crippen LogP contribution in [0.3, 0.4) is 0 Å². The van der Waals surface area contributed by atoms with Crippen molar-refractivity contribution in [2.75, 3.05) is 33.4 Å². The first-order chi connectivity index (χ1) is 23.3. The van der Waals surface area contributed by atoms with Crippen molar-refractivity contribution >= 4 is 12.0 Å². The summed E-state index contributed by atoms with van der Waals surface area (Å²) in [5.41, 5.74) is 4.43. The molecule has 7 heteroatoms. The third kappa shape index (κ3) is 6.24. The Balaban J connectivity index is 0.000000889. The summed E-state index contributed by atoms with van der Waals surface area (Å²) in [6.45, 7) is 21.8. The molecule has 7 aliphatic rings. The van der Waals surface area contributed by atoms with Crippen LogP contribution in [0.4, 0.5) is 9.18 Å². The SMILES string of the molecule is C=CC.CC1(C)C(C2=CCC(C(=O)O)CC2)=CCC2(C)C1CCC1(C)C2CCC2C3CCCC3(NCCN3CCNC3=O)CC[C@]21C.CF. The van der Waals surface area contributed by atoms with Gasteiger partial charge in [-0.05, 0) is 140 Å². The Morgan fingerprint density at radius 1 is 1.00 bits per heavy atom. The van der Waals surface area contributed by atoms with Crippen LogP contribution in [0.2, 0.25) is 0 Å². The first-order valence-corrected chi connectivity index (χ1v) is 19.6. The van der Waals surface area contributed by atoms with Gasteiger partial charge in [0.05, 0.1) is 13.1 Å². The lowest BCUT2D eigenvalue weighted by molar-refractivity contribution is -0.218. The van der Waals surface area contributed by atoms with Crippen molar-refractivity contribution < 1.29 is 19.1 Å². The zero-order chi connectivity index (χ0) is 35.8. The zero-order valence-electron chi connectivity index (χ0n) is 31.9. The molecule has 8 unspecified atom stereocenters. The van der Waals surface area contributed by atoms with E-state index in [9.17, 15) is 19.1 Å². The van der Waals surface area contributed by atoms with E-state index in [1.807, 2.05) is 11.8 Å². The number of rotatable bonds is 6. The van der Waals surface area contributed by atoms with Crippen LogP contribution >= 0.6 is 0 Å². The molecule has 6 nitrogen and oxygen atoms in total. The van der Waals surface area contributed by atoms with Crippen LogP contribution in [0.25, 0.3) is 0 Å². The molecule has 49 heavy (non-hydrogen) atoms. The number of urea groups is 1. The van der Waals surface area contributed by atoms with E-state index in [0.29, 0.717) is 35.8 Å². The van der Waals surface area contributed by atoms with Crippen molar-refractivity contribution in [3.63, 3.8) is 0 Å². The number of halogens is 1. The van der Waals surface area contributed by atoms with E-state index in [0.717, 1.165) is 56.8 Å². The number of allylic oxidation sites excluding steroid dienone is 5. The lowest BCUT2D eigenvalue weighted by atomic mass is 9.33. The zero-order valence-corrected chi connectivity index (χ0v) is 31.9. The number of carbonyl (C=O) groups excluding carboxylic acids is 1. The standard InChI is InChI=1S/C38H59N3O3.C3H6.CH3F/c1-34(2)27(25-8-10-26(11-9-25)32(42)43)14-17-35(3)30(34)15-18-37(5)31(35)13-12-28-29-7-6-16-38(29,20-19-36(28,37)4)40-22-24-41-23-21-39-33(41)44;1-3-2;1-2/h8,14,26,28-31,40H,6-7,9-13,15-24H2,1-5H3,(H,39,44)(H,42,43);3H,1H2,2H3;1H3/t26?,28?,29?,30?,31?,35?,36-,37?,38?;;/m1../s1. The molecule has 0 radical (unpaired) electrons. The molecule has 4 saturated carbocycles. The molecule has 0 spiro atoms. The van der Waals surface area contributed by atoms with E-state index >= 15 is 0 Å². The molecular formula is C42H68FN3O3. The number of carboxylic acid groups (broad SMARTS) is 1. The summed E-state index contributed by atoms with van der Waals surface area (Å²) >= 11 is 0. The number of nitrogens with one attached hydrogen (secondary N) is 2. The second kappa shape index (κ2) is 14.5. The van der Waals surface area contributed by atoms with Gasteiger partial charge in [0.1, 0.15) is 0 Å². The summed E-state index contributed by atoms with van der Waals surface area (Å²) in [5.74, 6) is 2.13. The van der Waals surface area contributed by atoms with Crippen LogP contribution in [0.5, 0.6) is 0 Å². The maximum absolute atomic E-state index is 12.1. The predicted molar refractivity (Wildman–Crippen MR) is 198 cm³/mol. The number of alkyl halides is 1. The van der Waals surface area contributed by atoms with E-state index < -0.39 is 5.97 Å². The number of amides is 2. The fraction of sp³-hybridized carbons (Fsp3) is 0.810. The minimum atomic E-state index is -0.634. The summed E-state index contributed by atoms with van der Waals surface area (Å²) in [5, 5.41) is 16.6. The van der Waals surface area contributed by atoms with E-state index in [4.69, 9.17) is 0 Å². The van der Waals surface area contributed by atoms with Crippen molar-refractivity contribution in [3.05, 3.63) is 36.0 Å². The third-order valence-corrected chi connectivity index (χ3v) is 15.8. The van der Waals surface area contributed by atoms with Gasteiger partial charge in [0.25, 0.3) is 0 Å². The van der Waals surface area contributed by atoms with Crippen molar-refractivity contribution in [2.24, 2.45) is 51.2 Å². The second-order valence-electron chi connectivity index (χ2n) is 18.0. The second-order valence-corrected chi connectivity index (χ2v) is 18.0. The van der Waals surface area contributed by atoms with Gasteiger partial charge in [-0.2, -0.15) is 0 Å². The summed E-state index contributed by atoms with van der Waals surface area (Å²) in [7, 11) is 0.500. The van der Waals surface area contributed by atoms with E-state index in [1.165, 1.54) is 69.8 Å². The minimum Gasteiger partial charge on any atom is -0.481 e. The summed E-state index contributed by atoms with van der Waals surface area (Å²) < 4.78 is 9.50. The van der Waals surface area contributed by atoms with Gasteiger partial charge in [-0.3, -0.25) is 9.18 Å². The highest BCUT2D eigenvalue weighted by atomic mass is 19.1. The van der Waals surface area contributed by atoms with Gasteiger partial charge in [-0.15, -0.1) is 6.58 Å². The quantitative estimate of drug-likeness (QED) is 0.244. The summed E-state index contributed by atoms with van der Waals surface area (Å²) in [6, 6.07) is 0.106. The molecule has 0 aromatic rings. The van der Waals surface area contributed by atoms with Gasteiger partial charge in [-0.1, -0.05) is 59.3 Å². The van der Waals surface area contributed by atoms with Crippen LogP contribution in [0.1, 0.15) is 125 Å². The molecule has 7 rings (SSSR count). The topological polar surface area (TPSA) is 81.7 Å². The largest absolute Gasteiger partial charge is 0.481 e. The summed E-state index contributed by atoms with van der Waals surface area (Å²) in [6.07, 6.45) is 22.3. The molecule has 3 N–H and O–H groups in total. The number of hydrogen-bond donors (Lipinski definition) is 3. The lowest BCUT2D eigenvalue weighted by Gasteiger charge is -2.72. The molecule has 0 bridgehead atoms. The van der Waals surface area contributed by atoms with Gasteiger partial charge in [-0.25, -0.2) is 4.79 Å². The molecule has 1 saturated heterocycles. The normalized spacial score (nSPS) is 41.8. The van der Waals surface area contributed by atoms with Crippen LogP contribution in [0.15, 0.2) is 36.0 Å². The molecule has 1 heterocycles. The van der Waals surface area contributed by atoms with Crippen LogP contribution in [-0.2, 0) is 4.79 Å². The van der Waals surface area contributed by atoms with Crippen molar-refractivity contribution in [1.29, 1.82) is 0 Å². The van der Waals surface area contributed by atoms with Gasteiger partial charge < -0.3 is 20.6 Å². The number of hydrogen-bond acceptors (Lipinski definition) is 3. The highest BCUT2D eigenvalue weighted by Gasteiger charge is 2.69. The first-order valence-electron chi connectivity index (χ1n) is 19.6. The maximum atomic E-state index is 12.1. The number of nitrogens with zero attached hydrogens (tertiary/aromatic N) is 1. The van der Waals surface area contributed by atoms with Crippen molar-refractivity contribution in [3.8, 4) is 0 Å². The van der Waals surface area contributed by atoms with Crippen molar-refractivity contribution in [2.45, 2.75) is 131 Å². The lowest BCUT2D eigenvalue weighted by Crippen LogP contribution is -2.67. The van der Waals surface area contributed by atoms with Gasteiger partial charge in [0.2, 0.25) is 0 Å². The van der Waals surface area contributed by atoms with Crippen LogP contribution in [-0.4, -0.2) is 60.9 Å². The Morgan fingerprint density at radius 3 is 2.37 bits per heavy atom. The van der Waals surface area contributed by atoms with Gasteiger partial charge in [0, 0.05) is 31.7 Å². The Morgan fingerprint density at radius 2 is 1.73 bits per heavy atom. The molecule has 1 aliphatic heterocycles. The number of aliphatic carboxylic acids is 1. The predicted octanol–water partition coefficient (Wildman–Crippen LogP) is 9.33. The van der Waals surface area contributed by atoms with E-state index in [1.54, 1.807) is 11.6 Å². The molecule has 9 atom stereocenters. The smallest absolute Gasteiger partial charge is 0.317 e. The third-order valence-electron chi connectivity index (χ3n) is 15.8. The monoisotopic (exact) mass is 682 g/mol. The van der Waals surface area contributed by atoms with Crippen LogP contribution in [0, 0.1) is 51.2 Å². The number of carboxylic acids is 1. The Hall–Kier alpha value is -2.15. The number of carbonyl (C=O) groups is 2. The highest BCUT2D eigenvalue weighted by molar-refractivity contribution is 5.76.